The maximum Gasteiger partial charge on any atom is 0.193 e. The average molecular weight is 300 g/mol. The van der Waals surface area contributed by atoms with E-state index >= 15 is 0 Å². The van der Waals surface area contributed by atoms with Gasteiger partial charge >= 0.3 is 0 Å². The third-order valence-corrected chi connectivity index (χ3v) is 4.91. The van der Waals surface area contributed by atoms with Crippen molar-refractivity contribution in [2.75, 3.05) is 6.54 Å². The van der Waals surface area contributed by atoms with Gasteiger partial charge in [0.15, 0.2) is 4.96 Å². The zero-order valence-corrected chi connectivity index (χ0v) is 13.0. The number of imidazole rings is 1. The summed E-state index contributed by atoms with van der Waals surface area (Å²) in [5.41, 5.74) is 2.54. The fourth-order valence-corrected chi connectivity index (χ4v) is 3.71. The number of nitrogens with one attached hydrogen (secondary N) is 1. The summed E-state index contributed by atoms with van der Waals surface area (Å²) in [6.45, 7) is 4.06. The van der Waals surface area contributed by atoms with Crippen LogP contribution in [0.4, 0.5) is 0 Å². The lowest BCUT2D eigenvalue weighted by Crippen LogP contribution is -2.22. The van der Waals surface area contributed by atoms with E-state index in [1.165, 1.54) is 18.4 Å². The standard InChI is InChI=1S/C16H20N4S/c1-2-17-15(12-3-4-12)13-5-6-19(9-13)10-14-11-20-7-8-21-16(20)18-14/h5-9,11-12,15,17H,2-4,10H2,1H3. The van der Waals surface area contributed by atoms with E-state index < -0.39 is 0 Å². The van der Waals surface area contributed by atoms with Gasteiger partial charge in [0.1, 0.15) is 0 Å². The molecule has 1 N–H and O–H groups in total. The van der Waals surface area contributed by atoms with E-state index in [4.69, 9.17) is 0 Å². The molecular weight excluding hydrogens is 280 g/mol. The molecule has 0 bridgehead atoms. The topological polar surface area (TPSA) is 34.3 Å². The molecular formula is C16H20N4S. The summed E-state index contributed by atoms with van der Waals surface area (Å²) in [5.74, 6) is 0.832. The molecule has 110 valence electrons. The molecule has 0 saturated heterocycles. The summed E-state index contributed by atoms with van der Waals surface area (Å²) in [7, 11) is 0. The molecule has 4 nitrogen and oxygen atoms in total. The molecule has 0 aromatic carbocycles. The van der Waals surface area contributed by atoms with E-state index in [-0.39, 0.29) is 0 Å². The third-order valence-electron chi connectivity index (χ3n) is 4.14. The Hall–Kier alpha value is -1.59. The van der Waals surface area contributed by atoms with Crippen LogP contribution in [0.15, 0.2) is 36.2 Å². The second-order valence-corrected chi connectivity index (χ2v) is 6.69. The zero-order chi connectivity index (χ0) is 14.2. The van der Waals surface area contributed by atoms with Gasteiger partial charge in [0.05, 0.1) is 12.2 Å². The molecule has 1 fully saturated rings. The van der Waals surface area contributed by atoms with E-state index in [9.17, 15) is 0 Å². The fourth-order valence-electron chi connectivity index (χ4n) is 2.99. The Morgan fingerprint density at radius 1 is 1.38 bits per heavy atom. The molecule has 1 aliphatic carbocycles. The van der Waals surface area contributed by atoms with Gasteiger partial charge in [-0.1, -0.05) is 6.92 Å². The Bertz CT molecular complexity index is 706. The highest BCUT2D eigenvalue weighted by Crippen LogP contribution is 2.41. The SMILES string of the molecule is CCNC(c1ccn(Cc2cn3ccsc3n2)c1)C1CC1. The Morgan fingerprint density at radius 2 is 2.29 bits per heavy atom. The van der Waals surface area contributed by atoms with Crippen LogP contribution in [-0.4, -0.2) is 20.5 Å². The summed E-state index contributed by atoms with van der Waals surface area (Å²) >= 11 is 1.68. The lowest BCUT2D eigenvalue weighted by Gasteiger charge is -2.15. The second kappa shape index (κ2) is 5.31. The van der Waals surface area contributed by atoms with Crippen LogP contribution in [0.25, 0.3) is 4.96 Å². The van der Waals surface area contributed by atoms with Gasteiger partial charge in [-0.15, -0.1) is 11.3 Å². The van der Waals surface area contributed by atoms with Crippen molar-refractivity contribution in [1.82, 2.24) is 19.3 Å². The molecule has 3 heterocycles. The zero-order valence-electron chi connectivity index (χ0n) is 12.2. The first-order valence-electron chi connectivity index (χ1n) is 7.63. The van der Waals surface area contributed by atoms with E-state index in [0.29, 0.717) is 6.04 Å². The number of hydrogen-bond acceptors (Lipinski definition) is 3. The van der Waals surface area contributed by atoms with Crippen LogP contribution in [0.3, 0.4) is 0 Å². The lowest BCUT2D eigenvalue weighted by molar-refractivity contribution is 0.495. The van der Waals surface area contributed by atoms with Crippen LogP contribution in [0.1, 0.15) is 37.1 Å². The Morgan fingerprint density at radius 3 is 3.05 bits per heavy atom. The van der Waals surface area contributed by atoms with E-state index in [1.54, 1.807) is 11.3 Å². The molecule has 3 aromatic rings. The molecule has 1 atom stereocenters. The highest BCUT2D eigenvalue weighted by atomic mass is 32.1. The van der Waals surface area contributed by atoms with Crippen molar-refractivity contribution < 1.29 is 0 Å². The van der Waals surface area contributed by atoms with E-state index in [2.05, 4.69) is 62.4 Å². The van der Waals surface area contributed by atoms with Crippen molar-refractivity contribution in [3.05, 3.63) is 47.5 Å². The van der Waals surface area contributed by atoms with Gasteiger partial charge in [-0.05, 0) is 36.9 Å². The van der Waals surface area contributed by atoms with Gasteiger partial charge in [-0.2, -0.15) is 0 Å². The van der Waals surface area contributed by atoms with Crippen molar-refractivity contribution >= 4 is 16.3 Å². The number of aromatic nitrogens is 3. The first kappa shape index (κ1) is 13.1. The van der Waals surface area contributed by atoms with Gasteiger partial charge in [-0.25, -0.2) is 4.98 Å². The van der Waals surface area contributed by atoms with Crippen LogP contribution in [0.5, 0.6) is 0 Å². The lowest BCUT2D eigenvalue weighted by atomic mass is 10.1. The van der Waals surface area contributed by atoms with Crippen LogP contribution in [0.2, 0.25) is 0 Å². The van der Waals surface area contributed by atoms with E-state index in [0.717, 1.165) is 29.7 Å². The highest BCUT2D eigenvalue weighted by Gasteiger charge is 2.32. The molecule has 3 aromatic heterocycles. The van der Waals surface area contributed by atoms with Crippen molar-refractivity contribution in [1.29, 1.82) is 0 Å². The summed E-state index contributed by atoms with van der Waals surface area (Å²) in [4.78, 5) is 5.72. The summed E-state index contributed by atoms with van der Waals surface area (Å²) in [6, 6.07) is 2.78. The molecule has 0 radical (unpaired) electrons. The average Bonchev–Trinajstić information content (AvgIpc) is 2.87. The number of nitrogens with zero attached hydrogens (tertiary/aromatic N) is 3. The van der Waals surface area contributed by atoms with Gasteiger partial charge in [-0.3, -0.25) is 4.40 Å². The Kier molecular flexibility index (Phi) is 3.31. The van der Waals surface area contributed by atoms with Crippen LogP contribution < -0.4 is 5.32 Å². The monoisotopic (exact) mass is 300 g/mol. The molecule has 0 spiro atoms. The fraction of sp³-hybridized carbons (Fsp3) is 0.438. The number of thiazole rings is 1. The first-order valence-corrected chi connectivity index (χ1v) is 8.51. The summed E-state index contributed by atoms with van der Waals surface area (Å²) in [5, 5.41) is 5.69. The van der Waals surface area contributed by atoms with Crippen molar-refractivity contribution in [3.8, 4) is 0 Å². The Labute approximate surface area is 128 Å². The number of fused-ring (bicyclic) bond motifs is 1. The van der Waals surface area contributed by atoms with Crippen molar-refractivity contribution in [2.45, 2.75) is 32.4 Å². The molecule has 21 heavy (non-hydrogen) atoms. The van der Waals surface area contributed by atoms with Gasteiger partial charge in [0.25, 0.3) is 0 Å². The van der Waals surface area contributed by atoms with Gasteiger partial charge in [0.2, 0.25) is 0 Å². The predicted octanol–water partition coefficient (Wildman–Crippen LogP) is 3.31. The smallest absolute Gasteiger partial charge is 0.193 e. The van der Waals surface area contributed by atoms with Crippen LogP contribution in [0, 0.1) is 5.92 Å². The largest absolute Gasteiger partial charge is 0.348 e. The Balaban J connectivity index is 1.52. The minimum atomic E-state index is 0.529. The number of rotatable bonds is 6. The van der Waals surface area contributed by atoms with Crippen LogP contribution in [-0.2, 0) is 6.54 Å². The van der Waals surface area contributed by atoms with Crippen molar-refractivity contribution in [3.63, 3.8) is 0 Å². The van der Waals surface area contributed by atoms with Gasteiger partial charge < -0.3 is 9.88 Å². The third kappa shape index (κ3) is 2.63. The second-order valence-electron chi connectivity index (χ2n) is 5.82. The summed E-state index contributed by atoms with van der Waals surface area (Å²) in [6.07, 6.45) is 11.4. The predicted molar refractivity (Wildman–Crippen MR) is 85.7 cm³/mol. The molecule has 0 amide bonds. The summed E-state index contributed by atoms with van der Waals surface area (Å²) < 4.78 is 4.34. The maximum atomic E-state index is 4.65. The van der Waals surface area contributed by atoms with Crippen molar-refractivity contribution in [2.24, 2.45) is 5.92 Å². The van der Waals surface area contributed by atoms with E-state index in [1.807, 2.05) is 0 Å². The molecule has 1 unspecified atom stereocenters. The molecule has 1 saturated carbocycles. The minimum Gasteiger partial charge on any atom is -0.348 e. The first-order chi connectivity index (χ1) is 10.3. The maximum absolute atomic E-state index is 4.65. The molecule has 4 rings (SSSR count). The minimum absolute atomic E-state index is 0.529. The van der Waals surface area contributed by atoms with Gasteiger partial charge in [0, 0.05) is 36.2 Å². The highest BCUT2D eigenvalue weighted by molar-refractivity contribution is 7.15. The number of hydrogen-bond donors (Lipinski definition) is 1. The van der Waals surface area contributed by atoms with Crippen LogP contribution >= 0.6 is 11.3 Å². The molecule has 0 aliphatic heterocycles. The molecule has 1 aliphatic rings. The normalized spacial score (nSPS) is 16.6. The molecule has 5 heteroatoms. The quantitative estimate of drug-likeness (QED) is 0.758.